The van der Waals surface area contributed by atoms with Crippen LogP contribution in [0.3, 0.4) is 0 Å². The third-order valence-electron chi connectivity index (χ3n) is 7.11. The molecule has 1 aliphatic rings. The first-order chi connectivity index (χ1) is 19.1. The maximum Gasteiger partial charge on any atom is 0.250 e. The number of likely N-dealkylation sites (N-methyl/N-ethyl adjacent to an activating group) is 1. The summed E-state index contributed by atoms with van der Waals surface area (Å²) >= 11 is 0. The Hall–Kier alpha value is -4.19. The summed E-state index contributed by atoms with van der Waals surface area (Å²) in [7, 11) is 1.75. The first-order valence-corrected chi connectivity index (χ1v) is 13.4. The van der Waals surface area contributed by atoms with Gasteiger partial charge in [0.05, 0.1) is 0 Å². The first-order valence-electron chi connectivity index (χ1n) is 13.4. The minimum Gasteiger partial charge on any atom is -0.490 e. The molecule has 5 heteroatoms. The lowest BCUT2D eigenvalue weighted by molar-refractivity contribution is -0.113. The molecule has 0 fully saturated rings. The Labute approximate surface area is 230 Å². The minimum absolute atomic E-state index is 0.128. The van der Waals surface area contributed by atoms with Crippen LogP contribution in [0.5, 0.6) is 5.75 Å². The number of para-hydroxylation sites is 2. The van der Waals surface area contributed by atoms with Gasteiger partial charge in [-0.3, -0.25) is 9.69 Å². The van der Waals surface area contributed by atoms with Gasteiger partial charge < -0.3 is 14.7 Å². The van der Waals surface area contributed by atoms with Crippen molar-refractivity contribution in [1.29, 1.82) is 0 Å². The number of fused-ring (bicyclic) bond motifs is 1. The number of benzene rings is 4. The maximum atomic E-state index is 12.6. The number of amides is 1. The summed E-state index contributed by atoms with van der Waals surface area (Å²) < 4.78 is 5.98. The molecule has 4 aromatic rings. The van der Waals surface area contributed by atoms with Gasteiger partial charge in [-0.15, -0.1) is 0 Å². The van der Waals surface area contributed by atoms with Crippen molar-refractivity contribution < 1.29 is 14.6 Å². The summed E-state index contributed by atoms with van der Waals surface area (Å²) in [4.78, 5) is 16.5. The van der Waals surface area contributed by atoms with E-state index in [0.717, 1.165) is 30.8 Å². The van der Waals surface area contributed by atoms with Gasteiger partial charge in [0.2, 0.25) is 0 Å². The van der Waals surface area contributed by atoms with E-state index < -0.39 is 6.10 Å². The predicted molar refractivity (Wildman–Crippen MR) is 160 cm³/mol. The van der Waals surface area contributed by atoms with E-state index in [-0.39, 0.29) is 12.5 Å². The highest BCUT2D eigenvalue weighted by Crippen LogP contribution is 2.26. The second kappa shape index (κ2) is 12.6. The van der Waals surface area contributed by atoms with Crippen molar-refractivity contribution in [2.24, 2.45) is 0 Å². The second-order valence-corrected chi connectivity index (χ2v) is 9.87. The molecule has 1 amide bonds. The fourth-order valence-corrected chi connectivity index (χ4v) is 4.87. The lowest BCUT2D eigenvalue weighted by Gasteiger charge is -2.28. The van der Waals surface area contributed by atoms with E-state index in [4.69, 9.17) is 4.74 Å². The lowest BCUT2D eigenvalue weighted by Crippen LogP contribution is -2.38. The van der Waals surface area contributed by atoms with Crippen LogP contribution in [0.25, 0.3) is 22.4 Å². The molecule has 1 unspecified atom stereocenters. The number of aliphatic hydroxyl groups excluding tert-OH is 1. The van der Waals surface area contributed by atoms with Gasteiger partial charge in [0.15, 0.2) is 0 Å². The molecule has 0 aliphatic carbocycles. The van der Waals surface area contributed by atoms with Crippen LogP contribution < -0.4 is 9.64 Å². The average Bonchev–Trinajstić information content (AvgIpc) is 2.99. The number of carbonyl (C=O) groups excluding carboxylic acids is 1. The van der Waals surface area contributed by atoms with Crippen molar-refractivity contribution in [1.82, 2.24) is 4.90 Å². The highest BCUT2D eigenvalue weighted by molar-refractivity contribution is 6.03. The first kappa shape index (κ1) is 26.4. The SMILES string of the molecule is CN(C(=O)/C=C/c1ccccc1OCC(O)CN1CC=C(c2ccc3ccccc3c2)CC1)c1ccccc1. The van der Waals surface area contributed by atoms with Crippen molar-refractivity contribution in [3.63, 3.8) is 0 Å². The molecule has 0 spiro atoms. The molecule has 5 nitrogen and oxygen atoms in total. The highest BCUT2D eigenvalue weighted by atomic mass is 16.5. The molecule has 0 radical (unpaired) electrons. The number of rotatable bonds is 9. The van der Waals surface area contributed by atoms with Gasteiger partial charge in [-0.25, -0.2) is 0 Å². The van der Waals surface area contributed by atoms with Crippen molar-refractivity contribution in [2.45, 2.75) is 12.5 Å². The molecule has 0 bridgehead atoms. The van der Waals surface area contributed by atoms with Crippen molar-refractivity contribution in [3.05, 3.63) is 120 Å². The summed E-state index contributed by atoms with van der Waals surface area (Å²) in [5, 5.41) is 13.2. The van der Waals surface area contributed by atoms with Gasteiger partial charge in [-0.2, -0.15) is 0 Å². The highest BCUT2D eigenvalue weighted by Gasteiger charge is 2.17. The standard InChI is InChI=1S/C34H34N2O3/c1-35(31-12-3-2-4-13-31)34(38)18-17-28-10-7-8-14-33(28)39-25-32(37)24-36-21-19-27(20-22-36)30-16-15-26-9-5-6-11-29(26)23-30/h2-19,23,32,37H,20-22,24-25H2,1H3/b18-17+. The summed E-state index contributed by atoms with van der Waals surface area (Å²) in [6.07, 6.45) is 5.89. The van der Waals surface area contributed by atoms with Crippen LogP contribution in [0.15, 0.2) is 109 Å². The van der Waals surface area contributed by atoms with Crippen LogP contribution in [-0.4, -0.2) is 55.3 Å². The number of carbonyl (C=O) groups is 1. The Balaban J connectivity index is 1.13. The Bertz CT molecular complexity index is 1480. The zero-order valence-electron chi connectivity index (χ0n) is 22.2. The van der Waals surface area contributed by atoms with E-state index in [1.807, 2.05) is 54.6 Å². The van der Waals surface area contributed by atoms with Crippen LogP contribution in [-0.2, 0) is 4.79 Å². The van der Waals surface area contributed by atoms with Gasteiger partial charge in [-0.1, -0.05) is 78.9 Å². The molecule has 1 aliphatic heterocycles. The van der Waals surface area contributed by atoms with Crippen LogP contribution in [0.4, 0.5) is 5.69 Å². The van der Waals surface area contributed by atoms with Gasteiger partial charge in [-0.05, 0) is 58.7 Å². The maximum absolute atomic E-state index is 12.6. The topological polar surface area (TPSA) is 53.0 Å². The smallest absolute Gasteiger partial charge is 0.250 e. The van der Waals surface area contributed by atoms with E-state index in [2.05, 4.69) is 53.4 Å². The van der Waals surface area contributed by atoms with Gasteiger partial charge >= 0.3 is 0 Å². The van der Waals surface area contributed by atoms with Crippen molar-refractivity contribution in [2.75, 3.05) is 38.2 Å². The zero-order chi connectivity index (χ0) is 27.0. The largest absolute Gasteiger partial charge is 0.490 e. The molecule has 4 aromatic carbocycles. The predicted octanol–water partition coefficient (Wildman–Crippen LogP) is 6.05. The Morgan fingerprint density at radius 2 is 1.72 bits per heavy atom. The van der Waals surface area contributed by atoms with Crippen LogP contribution >= 0.6 is 0 Å². The van der Waals surface area contributed by atoms with Crippen LogP contribution in [0.1, 0.15) is 17.5 Å². The third-order valence-corrected chi connectivity index (χ3v) is 7.11. The van der Waals surface area contributed by atoms with Crippen molar-refractivity contribution in [3.8, 4) is 5.75 Å². The molecular formula is C34H34N2O3. The molecule has 1 atom stereocenters. The molecule has 198 valence electrons. The second-order valence-electron chi connectivity index (χ2n) is 9.87. The van der Waals surface area contributed by atoms with Gasteiger partial charge in [0.1, 0.15) is 18.5 Å². The molecule has 0 saturated heterocycles. The number of nitrogens with zero attached hydrogens (tertiary/aromatic N) is 2. The quantitative estimate of drug-likeness (QED) is 0.274. The lowest BCUT2D eigenvalue weighted by atomic mass is 9.97. The molecule has 5 rings (SSSR count). The van der Waals surface area contributed by atoms with Gasteiger partial charge in [0, 0.05) is 44.0 Å². The molecule has 0 saturated carbocycles. The Morgan fingerprint density at radius 3 is 2.51 bits per heavy atom. The number of hydrogen-bond acceptors (Lipinski definition) is 4. The molecule has 0 aromatic heterocycles. The summed E-state index contributed by atoms with van der Waals surface area (Å²) in [6.45, 7) is 2.42. The van der Waals surface area contributed by atoms with E-state index in [0.29, 0.717) is 12.3 Å². The Morgan fingerprint density at radius 1 is 0.974 bits per heavy atom. The minimum atomic E-state index is -0.622. The molecule has 1 N–H and O–H groups in total. The number of aliphatic hydroxyl groups is 1. The summed E-state index contributed by atoms with van der Waals surface area (Å²) in [6, 6.07) is 32.2. The average molecular weight is 519 g/mol. The van der Waals surface area contributed by atoms with Crippen LogP contribution in [0, 0.1) is 0 Å². The van der Waals surface area contributed by atoms with Gasteiger partial charge in [0.25, 0.3) is 5.91 Å². The number of hydrogen-bond donors (Lipinski definition) is 1. The van der Waals surface area contributed by atoms with E-state index >= 15 is 0 Å². The van der Waals surface area contributed by atoms with E-state index in [1.165, 1.54) is 21.9 Å². The fraction of sp³-hybridized carbons (Fsp3) is 0.206. The number of ether oxygens (including phenoxy) is 1. The number of β-amino-alcohol motifs (C(OH)–C–C–N with tert-alkyl or cyclic N) is 1. The van der Waals surface area contributed by atoms with E-state index in [1.54, 1.807) is 24.1 Å². The summed E-state index contributed by atoms with van der Waals surface area (Å²) in [5.41, 5.74) is 4.25. The zero-order valence-corrected chi connectivity index (χ0v) is 22.2. The Kier molecular flexibility index (Phi) is 8.51. The normalized spacial score (nSPS) is 14.8. The summed E-state index contributed by atoms with van der Waals surface area (Å²) in [5.74, 6) is 0.511. The van der Waals surface area contributed by atoms with E-state index in [9.17, 15) is 9.90 Å². The molecular weight excluding hydrogens is 484 g/mol. The molecule has 1 heterocycles. The molecule has 39 heavy (non-hydrogen) atoms. The third kappa shape index (κ3) is 6.82. The van der Waals surface area contributed by atoms with Crippen LogP contribution in [0.2, 0.25) is 0 Å². The number of anilines is 1. The monoisotopic (exact) mass is 518 g/mol. The van der Waals surface area contributed by atoms with Crippen molar-refractivity contribution >= 4 is 34.0 Å². The fourth-order valence-electron chi connectivity index (χ4n) is 4.87.